The molecule has 0 saturated carbocycles. The molecule has 0 atom stereocenters. The first-order chi connectivity index (χ1) is 6.83. The van der Waals surface area contributed by atoms with Gasteiger partial charge in [0.2, 0.25) is 0 Å². The van der Waals surface area contributed by atoms with Crippen LogP contribution < -0.4 is 4.72 Å². The second-order valence-electron chi connectivity index (χ2n) is 2.87. The Morgan fingerprint density at radius 3 is 2.53 bits per heavy atom. The zero-order valence-electron chi connectivity index (χ0n) is 7.67. The van der Waals surface area contributed by atoms with Gasteiger partial charge in [0.1, 0.15) is 0 Å². The van der Waals surface area contributed by atoms with Crippen LogP contribution in [0.5, 0.6) is 0 Å². The summed E-state index contributed by atoms with van der Waals surface area (Å²) < 4.78 is 48.3. The molecule has 0 amide bonds. The fourth-order valence-electron chi connectivity index (χ4n) is 0.902. The third-order valence-corrected chi connectivity index (χ3v) is 3.15. The van der Waals surface area contributed by atoms with Gasteiger partial charge in [-0.3, -0.25) is 4.72 Å². The van der Waals surface area contributed by atoms with Crippen molar-refractivity contribution < 1.29 is 17.2 Å². The van der Waals surface area contributed by atoms with Crippen LogP contribution in [-0.4, -0.2) is 14.2 Å². The summed E-state index contributed by atoms with van der Waals surface area (Å²) in [6.07, 6.45) is 0. The summed E-state index contributed by atoms with van der Waals surface area (Å²) in [5, 5.41) is 0. The monoisotopic (exact) mass is 299 g/mol. The van der Waals surface area contributed by atoms with Crippen molar-refractivity contribution >= 4 is 31.6 Å². The molecule has 0 fully saturated rings. The van der Waals surface area contributed by atoms with Crippen molar-refractivity contribution in [1.82, 2.24) is 0 Å². The maximum Gasteiger partial charge on any atom is 0.355 e. The lowest BCUT2D eigenvalue weighted by atomic mass is 10.2. The first-order valence-corrected chi connectivity index (χ1v) is 6.23. The molecule has 0 heterocycles. The van der Waals surface area contributed by atoms with E-state index in [1.165, 1.54) is 6.07 Å². The Morgan fingerprint density at radius 2 is 2.00 bits per heavy atom. The number of alkyl halides is 2. The van der Waals surface area contributed by atoms with E-state index in [4.69, 9.17) is 0 Å². The highest BCUT2D eigenvalue weighted by Gasteiger charge is 2.24. The molecule has 0 saturated heterocycles. The fourth-order valence-corrected chi connectivity index (χ4v) is 1.88. The van der Waals surface area contributed by atoms with Gasteiger partial charge in [-0.2, -0.15) is 8.78 Å². The molecule has 1 aromatic carbocycles. The second-order valence-corrected chi connectivity index (χ2v) is 5.43. The smallest absolute Gasteiger partial charge is 0.278 e. The van der Waals surface area contributed by atoms with Crippen LogP contribution in [0.25, 0.3) is 0 Å². The Balaban J connectivity index is 3.05. The van der Waals surface area contributed by atoms with E-state index in [1.54, 1.807) is 19.1 Å². The van der Waals surface area contributed by atoms with Crippen molar-refractivity contribution in [2.24, 2.45) is 0 Å². The number of hydrogen-bond donors (Lipinski definition) is 1. The molecule has 0 aliphatic carbocycles. The molecule has 0 radical (unpaired) electrons. The van der Waals surface area contributed by atoms with Crippen molar-refractivity contribution in [3.63, 3.8) is 0 Å². The topological polar surface area (TPSA) is 46.2 Å². The molecule has 0 spiro atoms. The first-order valence-electron chi connectivity index (χ1n) is 3.89. The molecule has 15 heavy (non-hydrogen) atoms. The molecule has 1 rings (SSSR count). The number of aryl methyl sites for hydroxylation is 1. The van der Waals surface area contributed by atoms with Gasteiger partial charge in [0.15, 0.2) is 0 Å². The summed E-state index contributed by atoms with van der Waals surface area (Å²) in [6.45, 7) is 1.62. The fraction of sp³-hybridized carbons (Fsp3) is 0.250. The summed E-state index contributed by atoms with van der Waals surface area (Å²) in [5.41, 5.74) is 0.715. The van der Waals surface area contributed by atoms with Crippen molar-refractivity contribution in [3.05, 3.63) is 28.2 Å². The van der Waals surface area contributed by atoms with E-state index in [9.17, 15) is 17.2 Å². The number of halogens is 3. The van der Waals surface area contributed by atoms with E-state index in [1.807, 2.05) is 4.72 Å². The normalized spacial score (nSPS) is 11.8. The number of nitrogens with one attached hydrogen (secondary N) is 1. The average molecular weight is 300 g/mol. The molecule has 84 valence electrons. The number of sulfonamides is 1. The van der Waals surface area contributed by atoms with Crippen LogP contribution in [0.2, 0.25) is 0 Å². The highest BCUT2D eigenvalue weighted by Crippen LogP contribution is 2.22. The van der Waals surface area contributed by atoms with E-state index in [0.717, 1.165) is 0 Å². The SMILES string of the molecule is Cc1ccc(Br)cc1NS(=O)(=O)C(F)F. The number of benzene rings is 1. The molecule has 1 aromatic rings. The molecular formula is C8H8BrF2NO2S. The van der Waals surface area contributed by atoms with Crippen LogP contribution in [0, 0.1) is 6.92 Å². The van der Waals surface area contributed by atoms with E-state index in [2.05, 4.69) is 15.9 Å². The molecule has 0 aliphatic heterocycles. The quantitative estimate of drug-likeness (QED) is 0.933. The first kappa shape index (κ1) is 12.4. The third-order valence-electron chi connectivity index (χ3n) is 1.69. The summed E-state index contributed by atoms with van der Waals surface area (Å²) in [5.74, 6) is -3.43. The van der Waals surface area contributed by atoms with Gasteiger partial charge in [0, 0.05) is 4.47 Å². The summed E-state index contributed by atoms with van der Waals surface area (Å²) >= 11 is 3.12. The Kier molecular flexibility index (Phi) is 3.67. The Bertz CT molecular complexity index is 462. The van der Waals surface area contributed by atoms with Gasteiger partial charge in [0.05, 0.1) is 5.69 Å². The van der Waals surface area contributed by atoms with Crippen molar-refractivity contribution in [3.8, 4) is 0 Å². The van der Waals surface area contributed by atoms with Crippen LogP contribution >= 0.6 is 15.9 Å². The van der Waals surface area contributed by atoms with Crippen LogP contribution in [-0.2, 0) is 10.0 Å². The van der Waals surface area contributed by atoms with Crippen molar-refractivity contribution in [2.75, 3.05) is 4.72 Å². The van der Waals surface area contributed by atoms with Crippen LogP contribution in [0.4, 0.5) is 14.5 Å². The van der Waals surface area contributed by atoms with Gasteiger partial charge < -0.3 is 0 Å². The Morgan fingerprint density at radius 1 is 1.40 bits per heavy atom. The number of rotatable bonds is 3. The largest absolute Gasteiger partial charge is 0.355 e. The summed E-state index contributed by atoms with van der Waals surface area (Å²) in [4.78, 5) is 0. The minimum atomic E-state index is -4.59. The standard InChI is InChI=1S/C8H8BrF2NO2S/c1-5-2-3-6(9)4-7(5)12-15(13,14)8(10)11/h2-4,8,12H,1H3. The molecule has 0 bridgehead atoms. The average Bonchev–Trinajstić information content (AvgIpc) is 2.10. The van der Waals surface area contributed by atoms with E-state index < -0.39 is 15.8 Å². The number of hydrogen-bond acceptors (Lipinski definition) is 2. The lowest BCUT2D eigenvalue weighted by Crippen LogP contribution is -2.21. The molecular weight excluding hydrogens is 292 g/mol. The van der Waals surface area contributed by atoms with Crippen molar-refractivity contribution in [2.45, 2.75) is 12.7 Å². The predicted molar refractivity (Wildman–Crippen MR) is 57.4 cm³/mol. The molecule has 0 aliphatic rings. The Labute approximate surface area is 94.7 Å². The molecule has 0 unspecified atom stereocenters. The van der Waals surface area contributed by atoms with Crippen LogP contribution in [0.15, 0.2) is 22.7 Å². The lowest BCUT2D eigenvalue weighted by Gasteiger charge is -2.09. The van der Waals surface area contributed by atoms with Gasteiger partial charge in [-0.25, -0.2) is 8.42 Å². The summed E-state index contributed by atoms with van der Waals surface area (Å²) in [7, 11) is -4.59. The van der Waals surface area contributed by atoms with Gasteiger partial charge in [0.25, 0.3) is 10.0 Å². The maximum absolute atomic E-state index is 12.1. The lowest BCUT2D eigenvalue weighted by molar-refractivity contribution is 0.236. The zero-order valence-corrected chi connectivity index (χ0v) is 10.1. The summed E-state index contributed by atoms with van der Waals surface area (Å²) in [6, 6.07) is 4.73. The molecule has 0 aromatic heterocycles. The highest BCUT2D eigenvalue weighted by atomic mass is 79.9. The van der Waals surface area contributed by atoms with Gasteiger partial charge in [-0.15, -0.1) is 0 Å². The Hall–Kier alpha value is -0.690. The minimum Gasteiger partial charge on any atom is -0.278 e. The number of anilines is 1. The second kappa shape index (κ2) is 4.44. The maximum atomic E-state index is 12.1. The molecule has 3 nitrogen and oxygen atoms in total. The van der Waals surface area contributed by atoms with E-state index >= 15 is 0 Å². The van der Waals surface area contributed by atoms with Gasteiger partial charge >= 0.3 is 5.76 Å². The van der Waals surface area contributed by atoms with Crippen LogP contribution in [0.1, 0.15) is 5.56 Å². The van der Waals surface area contributed by atoms with Crippen LogP contribution in [0.3, 0.4) is 0 Å². The third kappa shape index (κ3) is 3.13. The van der Waals surface area contributed by atoms with Gasteiger partial charge in [-0.05, 0) is 24.6 Å². The van der Waals surface area contributed by atoms with E-state index in [0.29, 0.717) is 10.0 Å². The predicted octanol–water partition coefficient (Wildman–Crippen LogP) is 2.72. The zero-order chi connectivity index (χ0) is 11.6. The molecule has 1 N–H and O–H groups in total. The molecule has 7 heteroatoms. The van der Waals surface area contributed by atoms with Crippen molar-refractivity contribution in [1.29, 1.82) is 0 Å². The van der Waals surface area contributed by atoms with Gasteiger partial charge in [-0.1, -0.05) is 22.0 Å². The minimum absolute atomic E-state index is 0.143. The van der Waals surface area contributed by atoms with E-state index in [-0.39, 0.29) is 5.69 Å². The highest BCUT2D eigenvalue weighted by molar-refractivity contribution is 9.10.